The highest BCUT2D eigenvalue weighted by molar-refractivity contribution is 7.17. The Morgan fingerprint density at radius 2 is 1.75 bits per heavy atom. The van der Waals surface area contributed by atoms with Crippen molar-refractivity contribution in [3.05, 3.63) is 16.0 Å². The summed E-state index contributed by atoms with van der Waals surface area (Å²) in [6.07, 6.45) is 5.20. The molecular weight excluding hydrogens is 376 g/mol. The third-order valence-corrected chi connectivity index (χ3v) is 7.55. The van der Waals surface area contributed by atoms with E-state index in [-0.39, 0.29) is 11.3 Å². The molecule has 2 aliphatic carbocycles. The minimum atomic E-state index is -1.17. The second-order valence-corrected chi connectivity index (χ2v) is 10.3. The van der Waals surface area contributed by atoms with Gasteiger partial charge in [0.15, 0.2) is 0 Å². The minimum absolute atomic E-state index is 0.168. The first kappa shape index (κ1) is 20.8. The molecule has 2 aliphatic rings. The number of fused-ring (bicyclic) bond motifs is 1. The highest BCUT2D eigenvalue weighted by Crippen LogP contribution is 2.44. The van der Waals surface area contributed by atoms with Crippen molar-refractivity contribution in [2.75, 3.05) is 5.32 Å². The van der Waals surface area contributed by atoms with E-state index in [4.69, 9.17) is 5.73 Å². The standard InChI is InChI=1S/C21H30N2O4S/c1-21(2,3)11-8-9-14-15(10-11)28-19(16(14)17(22)24)23-18(25)12-6-4-5-7-13(12)20(26)27/h11-13H,4-10H2,1-3H3,(H2,22,24)(H,23,25)(H,26,27)/p-1/t11-,12+,13+/m1/s1. The average molecular weight is 406 g/mol. The molecule has 28 heavy (non-hydrogen) atoms. The Morgan fingerprint density at radius 3 is 2.32 bits per heavy atom. The lowest BCUT2D eigenvalue weighted by Crippen LogP contribution is -2.42. The number of primary amides is 1. The predicted octanol–water partition coefficient (Wildman–Crippen LogP) is 2.49. The first-order valence-electron chi connectivity index (χ1n) is 10.1. The molecule has 1 aromatic rings. The van der Waals surface area contributed by atoms with Crippen LogP contribution in [0.4, 0.5) is 5.00 Å². The summed E-state index contributed by atoms with van der Waals surface area (Å²) in [5.74, 6) is -2.95. The minimum Gasteiger partial charge on any atom is -0.550 e. The number of nitrogens with two attached hydrogens (primary N) is 1. The SMILES string of the molecule is CC(C)(C)[C@@H]1CCc2c(sc(NC(=O)[C@H]3CCCC[C@@H]3C(=O)[O-])c2C(N)=O)C1. The molecule has 1 fully saturated rings. The molecular formula is C21H29N2O4S-. The second kappa shape index (κ2) is 7.85. The number of hydrogen-bond acceptors (Lipinski definition) is 5. The van der Waals surface area contributed by atoms with E-state index >= 15 is 0 Å². The van der Waals surface area contributed by atoms with Crippen LogP contribution in [-0.2, 0) is 22.4 Å². The maximum Gasteiger partial charge on any atom is 0.251 e. The fraction of sp³-hybridized carbons (Fsp3) is 0.667. The van der Waals surface area contributed by atoms with Crippen molar-refractivity contribution in [1.29, 1.82) is 0 Å². The van der Waals surface area contributed by atoms with Crippen LogP contribution in [0.1, 0.15) is 73.7 Å². The van der Waals surface area contributed by atoms with Crippen LogP contribution in [-0.4, -0.2) is 17.8 Å². The van der Waals surface area contributed by atoms with Crippen molar-refractivity contribution in [3.63, 3.8) is 0 Å². The summed E-state index contributed by atoms with van der Waals surface area (Å²) in [4.78, 5) is 37.5. The largest absolute Gasteiger partial charge is 0.550 e. The molecule has 0 aliphatic heterocycles. The van der Waals surface area contributed by atoms with Gasteiger partial charge in [-0.3, -0.25) is 9.59 Å². The van der Waals surface area contributed by atoms with Gasteiger partial charge in [-0.15, -0.1) is 11.3 Å². The van der Waals surface area contributed by atoms with Gasteiger partial charge in [0, 0.05) is 22.7 Å². The maximum absolute atomic E-state index is 12.8. The fourth-order valence-corrected chi connectivity index (χ4v) is 5.94. The number of rotatable bonds is 4. The smallest absolute Gasteiger partial charge is 0.251 e. The lowest BCUT2D eigenvalue weighted by Gasteiger charge is -2.33. The third kappa shape index (κ3) is 4.09. The summed E-state index contributed by atoms with van der Waals surface area (Å²) in [5, 5.41) is 14.7. The molecule has 3 N–H and O–H groups in total. The van der Waals surface area contributed by atoms with Crippen LogP contribution in [0.25, 0.3) is 0 Å². The second-order valence-electron chi connectivity index (χ2n) is 9.18. The van der Waals surface area contributed by atoms with Crippen LogP contribution in [0.5, 0.6) is 0 Å². The number of hydrogen-bond donors (Lipinski definition) is 2. The van der Waals surface area contributed by atoms with Gasteiger partial charge < -0.3 is 21.0 Å². The molecule has 2 amide bonds. The quantitative estimate of drug-likeness (QED) is 0.801. The molecule has 1 saturated carbocycles. The normalized spacial score (nSPS) is 25.0. The molecule has 1 aromatic heterocycles. The van der Waals surface area contributed by atoms with E-state index in [0.717, 1.165) is 42.5 Å². The maximum atomic E-state index is 12.8. The van der Waals surface area contributed by atoms with Gasteiger partial charge in [-0.1, -0.05) is 33.6 Å². The monoisotopic (exact) mass is 405 g/mol. The van der Waals surface area contributed by atoms with Crippen LogP contribution in [0.2, 0.25) is 0 Å². The lowest BCUT2D eigenvalue weighted by molar-refractivity contribution is -0.313. The van der Waals surface area contributed by atoms with Gasteiger partial charge in [0.25, 0.3) is 5.91 Å². The molecule has 0 unspecified atom stereocenters. The summed E-state index contributed by atoms with van der Waals surface area (Å²) in [6, 6.07) is 0. The van der Waals surface area contributed by atoms with Gasteiger partial charge in [-0.05, 0) is 49.0 Å². The van der Waals surface area contributed by atoms with Gasteiger partial charge in [0.1, 0.15) is 5.00 Å². The number of carbonyl (C=O) groups excluding carboxylic acids is 3. The number of amides is 2. The molecule has 0 aromatic carbocycles. The first-order valence-corrected chi connectivity index (χ1v) is 10.9. The molecule has 3 atom stereocenters. The first-order chi connectivity index (χ1) is 13.1. The number of aliphatic carboxylic acids is 1. The Kier molecular flexibility index (Phi) is 5.84. The van der Waals surface area contributed by atoms with Gasteiger partial charge in [-0.25, -0.2) is 0 Å². The number of carboxylic acids is 1. The van der Waals surface area contributed by atoms with Gasteiger partial charge in [0.2, 0.25) is 5.91 Å². The molecule has 3 rings (SSSR count). The number of carboxylic acid groups (broad SMARTS) is 1. The number of carbonyl (C=O) groups is 3. The van der Waals surface area contributed by atoms with Crippen molar-refractivity contribution in [3.8, 4) is 0 Å². The van der Waals surface area contributed by atoms with Crippen LogP contribution in [0, 0.1) is 23.2 Å². The summed E-state index contributed by atoms with van der Waals surface area (Å²) in [7, 11) is 0. The van der Waals surface area contributed by atoms with Crippen molar-refractivity contribution < 1.29 is 19.5 Å². The molecule has 1 heterocycles. The molecule has 0 spiro atoms. The zero-order valence-corrected chi connectivity index (χ0v) is 17.6. The van der Waals surface area contributed by atoms with Gasteiger partial charge in [0.05, 0.1) is 5.56 Å². The van der Waals surface area contributed by atoms with Crippen molar-refractivity contribution in [2.45, 2.75) is 65.7 Å². The van der Waals surface area contributed by atoms with Gasteiger partial charge >= 0.3 is 0 Å². The van der Waals surface area contributed by atoms with Crippen LogP contribution >= 0.6 is 11.3 Å². The van der Waals surface area contributed by atoms with Crippen LogP contribution < -0.4 is 16.2 Å². The zero-order chi connectivity index (χ0) is 20.6. The zero-order valence-electron chi connectivity index (χ0n) is 16.8. The Bertz CT molecular complexity index is 793. The van der Waals surface area contributed by atoms with Crippen molar-refractivity contribution >= 4 is 34.1 Å². The van der Waals surface area contributed by atoms with E-state index in [0.29, 0.717) is 29.3 Å². The van der Waals surface area contributed by atoms with Crippen LogP contribution in [0.15, 0.2) is 0 Å². The Labute approximate surface area is 169 Å². The molecule has 6 nitrogen and oxygen atoms in total. The summed E-state index contributed by atoms with van der Waals surface area (Å²) < 4.78 is 0. The summed E-state index contributed by atoms with van der Waals surface area (Å²) in [5.41, 5.74) is 7.17. The third-order valence-electron chi connectivity index (χ3n) is 6.38. The lowest BCUT2D eigenvalue weighted by atomic mass is 9.72. The summed E-state index contributed by atoms with van der Waals surface area (Å²) >= 11 is 1.42. The molecule has 0 bridgehead atoms. The molecule has 0 radical (unpaired) electrons. The van der Waals surface area contributed by atoms with E-state index in [1.807, 2.05) is 0 Å². The average Bonchev–Trinajstić information content (AvgIpc) is 2.97. The van der Waals surface area contributed by atoms with E-state index < -0.39 is 23.7 Å². The van der Waals surface area contributed by atoms with Crippen molar-refractivity contribution in [2.24, 2.45) is 28.9 Å². The van der Waals surface area contributed by atoms with E-state index in [1.165, 1.54) is 11.3 Å². The number of nitrogens with one attached hydrogen (secondary N) is 1. The highest BCUT2D eigenvalue weighted by atomic mass is 32.1. The number of thiophene rings is 1. The van der Waals surface area contributed by atoms with Crippen molar-refractivity contribution in [1.82, 2.24) is 0 Å². The Hall–Kier alpha value is -1.89. The van der Waals surface area contributed by atoms with E-state index in [9.17, 15) is 19.5 Å². The predicted molar refractivity (Wildman–Crippen MR) is 107 cm³/mol. The fourth-order valence-electron chi connectivity index (χ4n) is 4.61. The highest BCUT2D eigenvalue weighted by Gasteiger charge is 2.36. The van der Waals surface area contributed by atoms with E-state index in [2.05, 4.69) is 26.1 Å². The molecule has 7 heteroatoms. The summed E-state index contributed by atoms with van der Waals surface area (Å²) in [6.45, 7) is 6.66. The van der Waals surface area contributed by atoms with Crippen LogP contribution in [0.3, 0.4) is 0 Å². The molecule has 154 valence electrons. The Morgan fingerprint density at radius 1 is 1.11 bits per heavy atom. The topological polar surface area (TPSA) is 112 Å². The molecule has 0 saturated heterocycles. The Balaban J connectivity index is 1.86. The van der Waals surface area contributed by atoms with Gasteiger partial charge in [-0.2, -0.15) is 0 Å². The number of anilines is 1. The van der Waals surface area contributed by atoms with E-state index in [1.54, 1.807) is 0 Å².